The summed E-state index contributed by atoms with van der Waals surface area (Å²) in [5, 5.41) is 3.14. The van der Waals surface area contributed by atoms with E-state index in [1.807, 2.05) is 45.0 Å². The van der Waals surface area contributed by atoms with Crippen LogP contribution in [0.4, 0.5) is 10.5 Å². The first-order valence-electron chi connectivity index (χ1n) is 12.1. The van der Waals surface area contributed by atoms with Crippen molar-refractivity contribution in [2.75, 3.05) is 12.0 Å². The van der Waals surface area contributed by atoms with E-state index in [2.05, 4.69) is 46.6 Å². The van der Waals surface area contributed by atoms with Crippen LogP contribution in [0.5, 0.6) is 0 Å². The van der Waals surface area contributed by atoms with Gasteiger partial charge in [-0.05, 0) is 63.8 Å². The minimum absolute atomic E-state index is 0.373. The zero-order valence-corrected chi connectivity index (χ0v) is 20.8. The number of hydrogen-bond acceptors (Lipinski definition) is 5. The molecule has 6 nitrogen and oxygen atoms in total. The number of alkyl carbamates (subject to hydrolysis) is 1. The number of amides is 1. The predicted octanol–water partition coefficient (Wildman–Crippen LogP) is 6.68. The van der Waals surface area contributed by atoms with E-state index >= 15 is 0 Å². The number of ether oxygens (including phenoxy) is 2. The highest BCUT2D eigenvalue weighted by molar-refractivity contribution is 5.96. The Kier molecular flexibility index (Phi) is 5.83. The molecule has 0 saturated heterocycles. The van der Waals surface area contributed by atoms with Gasteiger partial charge in [0.2, 0.25) is 0 Å². The van der Waals surface area contributed by atoms with Gasteiger partial charge in [0.15, 0.2) is 5.76 Å². The van der Waals surface area contributed by atoms with Crippen molar-refractivity contribution in [1.29, 1.82) is 0 Å². The third kappa shape index (κ3) is 4.41. The van der Waals surface area contributed by atoms with Crippen molar-refractivity contribution in [1.82, 2.24) is 5.32 Å². The molecular weight excluding hydrogens is 440 g/mol. The van der Waals surface area contributed by atoms with Crippen LogP contribution in [0.25, 0.3) is 11.5 Å². The molecule has 5 rings (SSSR count). The second-order valence-electron chi connectivity index (χ2n) is 10.2. The fraction of sp³-hybridized carbons (Fsp3) is 0.345. The molecule has 1 aliphatic carbocycles. The molecule has 2 heterocycles. The summed E-state index contributed by atoms with van der Waals surface area (Å²) >= 11 is 0. The molecule has 1 aromatic heterocycles. The van der Waals surface area contributed by atoms with E-state index in [0.717, 1.165) is 58.9 Å². The predicted molar refractivity (Wildman–Crippen MR) is 136 cm³/mol. The van der Waals surface area contributed by atoms with Gasteiger partial charge in [-0.1, -0.05) is 42.5 Å². The molecule has 182 valence electrons. The molecule has 1 N–H and O–H groups in total. The molecule has 1 fully saturated rings. The van der Waals surface area contributed by atoms with Gasteiger partial charge >= 0.3 is 6.09 Å². The first-order valence-corrected chi connectivity index (χ1v) is 12.1. The number of nitrogens with one attached hydrogen (secondary N) is 1. The molecule has 2 aliphatic rings. The number of hydrogen-bond donors (Lipinski definition) is 1. The lowest BCUT2D eigenvalue weighted by atomic mass is 9.72. The van der Waals surface area contributed by atoms with Gasteiger partial charge in [0, 0.05) is 11.3 Å². The van der Waals surface area contributed by atoms with Crippen molar-refractivity contribution in [3.8, 4) is 0 Å². The molecular formula is C29H32N2O4. The number of nitrogens with zero attached hydrogens (tertiary/aromatic N) is 1. The standard InChI is InChI=1S/C29H32N2O4/c1-28(2,3)35-27(32)30-29(16-8-17-29)21-11-13-22(14-12-21)31-19-24-23(15-18-34-24)26(33-4)25(31)20-9-6-5-7-10-20/h5-7,9-15,18H,8,16-17,19H2,1-4H3,(H,30,32). The summed E-state index contributed by atoms with van der Waals surface area (Å²) in [7, 11) is 1.70. The third-order valence-electron chi connectivity index (χ3n) is 6.71. The molecule has 1 saturated carbocycles. The fourth-order valence-corrected chi connectivity index (χ4v) is 4.92. The molecule has 2 aromatic carbocycles. The Morgan fingerprint density at radius 2 is 1.74 bits per heavy atom. The number of furan rings is 1. The first-order chi connectivity index (χ1) is 16.8. The number of fused-ring (bicyclic) bond motifs is 1. The molecule has 3 aromatic rings. The topological polar surface area (TPSA) is 63.9 Å². The highest BCUT2D eigenvalue weighted by Gasteiger charge is 2.41. The van der Waals surface area contributed by atoms with E-state index in [9.17, 15) is 4.79 Å². The van der Waals surface area contributed by atoms with Gasteiger partial charge in [0.1, 0.15) is 11.4 Å². The quantitative estimate of drug-likeness (QED) is 0.449. The number of benzene rings is 2. The van der Waals surface area contributed by atoms with E-state index in [1.54, 1.807) is 13.4 Å². The van der Waals surface area contributed by atoms with Crippen molar-refractivity contribution in [2.45, 2.75) is 57.7 Å². The van der Waals surface area contributed by atoms with Crippen molar-refractivity contribution in [3.05, 3.63) is 89.4 Å². The Balaban J connectivity index is 1.48. The minimum atomic E-state index is -0.531. The molecule has 0 spiro atoms. The van der Waals surface area contributed by atoms with Crippen LogP contribution in [0.3, 0.4) is 0 Å². The maximum atomic E-state index is 12.5. The van der Waals surface area contributed by atoms with Gasteiger partial charge in [-0.15, -0.1) is 0 Å². The van der Waals surface area contributed by atoms with Crippen LogP contribution in [-0.2, 0) is 21.6 Å². The second-order valence-corrected chi connectivity index (χ2v) is 10.2. The van der Waals surface area contributed by atoms with Crippen LogP contribution in [0.1, 0.15) is 62.5 Å². The van der Waals surface area contributed by atoms with E-state index in [4.69, 9.17) is 13.9 Å². The number of carbonyl (C=O) groups is 1. The van der Waals surface area contributed by atoms with Gasteiger partial charge in [-0.25, -0.2) is 4.79 Å². The highest BCUT2D eigenvalue weighted by Crippen LogP contribution is 2.44. The molecule has 0 unspecified atom stereocenters. The Labute approximate surface area is 206 Å². The number of anilines is 1. The lowest BCUT2D eigenvalue weighted by molar-refractivity contribution is 0.0377. The molecule has 0 atom stereocenters. The van der Waals surface area contributed by atoms with Gasteiger partial charge < -0.3 is 24.1 Å². The van der Waals surface area contributed by atoms with Gasteiger partial charge in [0.05, 0.1) is 36.7 Å². The van der Waals surface area contributed by atoms with Crippen molar-refractivity contribution < 1.29 is 18.7 Å². The minimum Gasteiger partial charge on any atom is -0.494 e. The van der Waals surface area contributed by atoms with Crippen LogP contribution >= 0.6 is 0 Å². The summed E-state index contributed by atoms with van der Waals surface area (Å²) in [6, 6.07) is 20.7. The fourth-order valence-electron chi connectivity index (χ4n) is 4.92. The first kappa shape index (κ1) is 23.1. The SMILES string of the molecule is COC1=C(c2ccccc2)N(c2ccc(C3(NC(=O)OC(C)(C)C)CCC3)cc2)Cc2occc21. The number of methoxy groups -OCH3 is 1. The Morgan fingerprint density at radius 1 is 1.03 bits per heavy atom. The highest BCUT2D eigenvalue weighted by atomic mass is 16.6. The van der Waals surface area contributed by atoms with E-state index in [-0.39, 0.29) is 11.6 Å². The molecule has 0 radical (unpaired) electrons. The van der Waals surface area contributed by atoms with Crippen LogP contribution < -0.4 is 10.2 Å². The number of rotatable bonds is 5. The molecule has 1 amide bonds. The van der Waals surface area contributed by atoms with E-state index < -0.39 is 5.60 Å². The third-order valence-corrected chi connectivity index (χ3v) is 6.71. The normalized spacial score (nSPS) is 16.9. The molecule has 0 bridgehead atoms. The number of carbonyl (C=O) groups excluding carboxylic acids is 1. The Bertz CT molecular complexity index is 1230. The maximum absolute atomic E-state index is 12.5. The van der Waals surface area contributed by atoms with Crippen molar-refractivity contribution >= 4 is 23.2 Å². The zero-order chi connectivity index (χ0) is 24.6. The average molecular weight is 473 g/mol. The van der Waals surface area contributed by atoms with Crippen LogP contribution in [0.15, 0.2) is 71.3 Å². The van der Waals surface area contributed by atoms with Crippen LogP contribution in [0.2, 0.25) is 0 Å². The van der Waals surface area contributed by atoms with Crippen LogP contribution in [0, 0.1) is 0 Å². The zero-order valence-electron chi connectivity index (χ0n) is 20.8. The Hall–Kier alpha value is -3.67. The van der Waals surface area contributed by atoms with Crippen LogP contribution in [-0.4, -0.2) is 18.8 Å². The average Bonchev–Trinajstić information content (AvgIpc) is 3.28. The van der Waals surface area contributed by atoms with Crippen molar-refractivity contribution in [2.24, 2.45) is 0 Å². The van der Waals surface area contributed by atoms with E-state index in [1.165, 1.54) is 0 Å². The largest absolute Gasteiger partial charge is 0.494 e. The molecule has 1 aliphatic heterocycles. The van der Waals surface area contributed by atoms with E-state index in [0.29, 0.717) is 6.54 Å². The lowest BCUT2D eigenvalue weighted by Gasteiger charge is -2.43. The summed E-state index contributed by atoms with van der Waals surface area (Å²) in [4.78, 5) is 14.8. The van der Waals surface area contributed by atoms with Gasteiger partial charge in [0.25, 0.3) is 0 Å². The van der Waals surface area contributed by atoms with Gasteiger partial charge in [-0.3, -0.25) is 0 Å². The summed E-state index contributed by atoms with van der Waals surface area (Å²) in [6.45, 7) is 6.23. The summed E-state index contributed by atoms with van der Waals surface area (Å²) in [5.41, 5.74) is 4.25. The Morgan fingerprint density at radius 3 is 2.34 bits per heavy atom. The maximum Gasteiger partial charge on any atom is 0.408 e. The van der Waals surface area contributed by atoms with Gasteiger partial charge in [-0.2, -0.15) is 0 Å². The smallest absolute Gasteiger partial charge is 0.408 e. The van der Waals surface area contributed by atoms with Crippen molar-refractivity contribution in [3.63, 3.8) is 0 Å². The lowest BCUT2D eigenvalue weighted by Crippen LogP contribution is -2.52. The molecule has 6 heteroatoms. The molecule has 35 heavy (non-hydrogen) atoms. The summed E-state index contributed by atoms with van der Waals surface area (Å²) in [5.74, 6) is 1.66. The summed E-state index contributed by atoms with van der Waals surface area (Å²) < 4.78 is 17.2. The second kappa shape index (κ2) is 8.84. The summed E-state index contributed by atoms with van der Waals surface area (Å²) in [6.07, 6.45) is 4.20. The monoisotopic (exact) mass is 472 g/mol.